The summed E-state index contributed by atoms with van der Waals surface area (Å²) in [5.41, 5.74) is 0.465. The van der Waals surface area contributed by atoms with Gasteiger partial charge in [0.2, 0.25) is 0 Å². The van der Waals surface area contributed by atoms with Crippen LogP contribution in [0.5, 0.6) is 0 Å². The van der Waals surface area contributed by atoms with Gasteiger partial charge in [-0.2, -0.15) is 5.26 Å². The highest BCUT2D eigenvalue weighted by Crippen LogP contribution is 1.86. The third kappa shape index (κ3) is 3.02. The third-order valence-corrected chi connectivity index (χ3v) is 0.779. The first-order valence-electron chi connectivity index (χ1n) is 2.24. The zero-order valence-corrected chi connectivity index (χ0v) is 5.93. The highest BCUT2D eigenvalue weighted by Gasteiger charge is 1.81. The molecule has 0 aliphatic rings. The second-order valence-corrected chi connectivity index (χ2v) is 1.33. The Kier molecular flexibility index (Phi) is 7.01. The van der Waals surface area contributed by atoms with Crippen molar-refractivity contribution in [2.75, 3.05) is 0 Å². The molecule has 0 atom stereocenters. The summed E-state index contributed by atoms with van der Waals surface area (Å²) in [5.74, 6) is 0. The van der Waals surface area contributed by atoms with Crippen LogP contribution in [0.2, 0.25) is 0 Å². The first-order chi connectivity index (χ1) is 3.93. The number of halogens is 1. The summed E-state index contributed by atoms with van der Waals surface area (Å²) in [6, 6.07) is 7.14. The molecule has 1 aromatic rings. The van der Waals surface area contributed by atoms with Gasteiger partial charge in [0.1, 0.15) is 11.8 Å². The molecular weight excluding hydrogens is 152 g/mol. The molecule has 54 valence electrons. The minimum absolute atomic E-state index is 0. The largest absolute Gasteiger partial charge is 0.412 e. The maximum atomic E-state index is 8.23. The lowest BCUT2D eigenvalue weighted by atomic mass is 10.4. The number of pyridine rings is 1. The van der Waals surface area contributed by atoms with Crippen molar-refractivity contribution in [3.63, 3.8) is 0 Å². The van der Waals surface area contributed by atoms with Crippen molar-refractivity contribution >= 4 is 12.4 Å². The molecule has 3 nitrogen and oxygen atoms in total. The van der Waals surface area contributed by atoms with Gasteiger partial charge < -0.3 is 5.48 Å². The summed E-state index contributed by atoms with van der Waals surface area (Å²) in [4.78, 5) is 3.74. The Morgan fingerprint density at radius 3 is 2.40 bits per heavy atom. The van der Waals surface area contributed by atoms with Crippen molar-refractivity contribution < 1.29 is 5.48 Å². The van der Waals surface area contributed by atoms with Crippen molar-refractivity contribution in [1.29, 1.82) is 5.26 Å². The summed E-state index contributed by atoms with van der Waals surface area (Å²) in [6.07, 6.45) is 1.60. The summed E-state index contributed by atoms with van der Waals surface area (Å²) in [5, 5.41) is 8.23. The van der Waals surface area contributed by atoms with Crippen LogP contribution in [-0.2, 0) is 0 Å². The molecular formula is C6H7ClN2O. The predicted octanol–water partition coefficient (Wildman–Crippen LogP) is 0.550. The van der Waals surface area contributed by atoms with Crippen LogP contribution in [0.3, 0.4) is 0 Å². The maximum Gasteiger partial charge on any atom is 0.140 e. The third-order valence-electron chi connectivity index (χ3n) is 0.779. The molecule has 0 saturated heterocycles. The zero-order valence-electron chi connectivity index (χ0n) is 5.11. The number of aromatic nitrogens is 1. The summed E-state index contributed by atoms with van der Waals surface area (Å²) in [6.45, 7) is 0. The standard InChI is InChI=1S/C6H4N2.ClH.H2O/c7-5-6-3-1-2-4-8-6;;/h1-4H;1H;1H2. The fourth-order valence-corrected chi connectivity index (χ4v) is 0.429. The first kappa shape index (κ1) is 11.7. The minimum atomic E-state index is 0. The lowest BCUT2D eigenvalue weighted by molar-refractivity contribution is 0.824. The number of nitrogens with zero attached hydrogens (tertiary/aromatic N) is 2. The molecule has 1 rings (SSSR count). The van der Waals surface area contributed by atoms with E-state index in [1.165, 1.54) is 0 Å². The van der Waals surface area contributed by atoms with E-state index in [-0.39, 0.29) is 17.9 Å². The highest BCUT2D eigenvalue weighted by atomic mass is 35.5. The molecule has 0 amide bonds. The molecule has 0 radical (unpaired) electrons. The molecule has 0 spiro atoms. The Hall–Kier alpha value is -1.11. The predicted molar refractivity (Wildman–Crippen MR) is 39.8 cm³/mol. The van der Waals surface area contributed by atoms with Gasteiger partial charge in [-0.25, -0.2) is 4.98 Å². The van der Waals surface area contributed by atoms with Crippen LogP contribution >= 0.6 is 12.4 Å². The minimum Gasteiger partial charge on any atom is -0.412 e. The van der Waals surface area contributed by atoms with E-state index in [0.29, 0.717) is 5.69 Å². The fourth-order valence-electron chi connectivity index (χ4n) is 0.429. The van der Waals surface area contributed by atoms with Gasteiger partial charge >= 0.3 is 0 Å². The number of rotatable bonds is 0. The van der Waals surface area contributed by atoms with E-state index in [1.54, 1.807) is 24.4 Å². The topological polar surface area (TPSA) is 68.2 Å². The second kappa shape index (κ2) is 6.02. The molecule has 1 heterocycles. The van der Waals surface area contributed by atoms with Crippen LogP contribution < -0.4 is 0 Å². The Bertz CT molecular complexity index is 207. The fraction of sp³-hybridized carbons (Fsp3) is 0. The number of nitriles is 1. The van der Waals surface area contributed by atoms with E-state index >= 15 is 0 Å². The summed E-state index contributed by atoms with van der Waals surface area (Å²) >= 11 is 0. The molecule has 0 saturated carbocycles. The Morgan fingerprint density at radius 1 is 1.40 bits per heavy atom. The smallest absolute Gasteiger partial charge is 0.140 e. The van der Waals surface area contributed by atoms with Gasteiger partial charge in [-0.3, -0.25) is 0 Å². The molecule has 2 N–H and O–H groups in total. The van der Waals surface area contributed by atoms with E-state index in [9.17, 15) is 0 Å². The maximum absolute atomic E-state index is 8.23. The van der Waals surface area contributed by atoms with Crippen molar-refractivity contribution in [2.24, 2.45) is 0 Å². The van der Waals surface area contributed by atoms with E-state index in [4.69, 9.17) is 5.26 Å². The van der Waals surface area contributed by atoms with E-state index in [2.05, 4.69) is 4.98 Å². The second-order valence-electron chi connectivity index (χ2n) is 1.33. The molecule has 0 bridgehead atoms. The lowest BCUT2D eigenvalue weighted by Crippen LogP contribution is -1.75. The Balaban J connectivity index is 0. The molecule has 0 aliphatic carbocycles. The number of hydrogen-bond donors (Lipinski definition) is 0. The van der Waals surface area contributed by atoms with Crippen LogP contribution in [-0.4, -0.2) is 10.5 Å². The van der Waals surface area contributed by atoms with Crippen LogP contribution in [0, 0.1) is 11.3 Å². The zero-order chi connectivity index (χ0) is 5.82. The molecule has 0 fully saturated rings. The van der Waals surface area contributed by atoms with E-state index < -0.39 is 0 Å². The molecule has 1 aromatic heterocycles. The number of hydrogen-bond acceptors (Lipinski definition) is 2. The average molecular weight is 159 g/mol. The van der Waals surface area contributed by atoms with Gasteiger partial charge in [0, 0.05) is 6.20 Å². The quantitative estimate of drug-likeness (QED) is 0.553. The van der Waals surface area contributed by atoms with Crippen LogP contribution in [0.4, 0.5) is 0 Å². The van der Waals surface area contributed by atoms with Crippen molar-refractivity contribution in [2.45, 2.75) is 0 Å². The molecule has 0 aliphatic heterocycles. The molecule has 0 unspecified atom stereocenters. The Labute approximate surface area is 65.0 Å². The van der Waals surface area contributed by atoms with E-state index in [1.807, 2.05) is 6.07 Å². The van der Waals surface area contributed by atoms with Crippen molar-refractivity contribution in [1.82, 2.24) is 4.98 Å². The monoisotopic (exact) mass is 158 g/mol. The SMILES string of the molecule is Cl.N#Cc1ccccn1.O. The van der Waals surface area contributed by atoms with Gasteiger partial charge in [-0.05, 0) is 12.1 Å². The van der Waals surface area contributed by atoms with Gasteiger partial charge in [-0.1, -0.05) is 6.07 Å². The van der Waals surface area contributed by atoms with Gasteiger partial charge in [-0.15, -0.1) is 12.4 Å². The van der Waals surface area contributed by atoms with E-state index in [0.717, 1.165) is 0 Å². The normalized spacial score (nSPS) is 6.30. The first-order valence-corrected chi connectivity index (χ1v) is 2.24. The molecule has 4 heteroatoms. The highest BCUT2D eigenvalue weighted by molar-refractivity contribution is 5.85. The summed E-state index contributed by atoms with van der Waals surface area (Å²) in [7, 11) is 0. The van der Waals surface area contributed by atoms with Gasteiger partial charge in [0.15, 0.2) is 0 Å². The summed E-state index contributed by atoms with van der Waals surface area (Å²) < 4.78 is 0. The van der Waals surface area contributed by atoms with Gasteiger partial charge in [0.05, 0.1) is 0 Å². The molecule has 10 heavy (non-hydrogen) atoms. The lowest BCUT2D eigenvalue weighted by Gasteiger charge is -1.79. The Morgan fingerprint density at radius 2 is 2.10 bits per heavy atom. The average Bonchev–Trinajstić information content (AvgIpc) is 1.90. The van der Waals surface area contributed by atoms with Crippen molar-refractivity contribution in [3.05, 3.63) is 30.1 Å². The molecule has 0 aromatic carbocycles. The van der Waals surface area contributed by atoms with Crippen molar-refractivity contribution in [3.8, 4) is 6.07 Å². The van der Waals surface area contributed by atoms with Gasteiger partial charge in [0.25, 0.3) is 0 Å². The van der Waals surface area contributed by atoms with Crippen LogP contribution in [0.25, 0.3) is 0 Å². The van der Waals surface area contributed by atoms with Crippen LogP contribution in [0.15, 0.2) is 24.4 Å². The van der Waals surface area contributed by atoms with Crippen LogP contribution in [0.1, 0.15) is 5.69 Å².